The number of nitrogens with zero attached hydrogens (tertiary/aromatic N) is 6. The molecule has 2 fully saturated rings. The summed E-state index contributed by atoms with van der Waals surface area (Å²) in [5.74, 6) is 0.956. The predicted molar refractivity (Wildman–Crippen MR) is 199 cm³/mol. The van der Waals surface area contributed by atoms with Crippen molar-refractivity contribution in [2.45, 2.75) is 51.6 Å². The minimum absolute atomic E-state index is 0.0730. The largest absolute Gasteiger partial charge is 0.496 e. The Kier molecular flexibility index (Phi) is 10.4. The Morgan fingerprint density at radius 2 is 1.79 bits per heavy atom. The molecule has 9 nitrogen and oxygen atoms in total. The van der Waals surface area contributed by atoms with Crippen LogP contribution >= 0.6 is 0 Å². The molecule has 53 heavy (non-hydrogen) atoms. The molecule has 0 amide bonds. The number of benzene rings is 2. The van der Waals surface area contributed by atoms with Gasteiger partial charge in [0.05, 0.1) is 30.0 Å². The summed E-state index contributed by atoms with van der Waals surface area (Å²) in [4.78, 5) is 18.0. The second kappa shape index (κ2) is 15.3. The van der Waals surface area contributed by atoms with Crippen molar-refractivity contribution in [3.05, 3.63) is 106 Å². The highest BCUT2D eigenvalue weighted by Crippen LogP contribution is 2.38. The third-order valence-electron chi connectivity index (χ3n) is 10.1. The molecule has 7 rings (SSSR count). The van der Waals surface area contributed by atoms with Crippen LogP contribution in [0.3, 0.4) is 0 Å². The SMILES string of the molecule is COc1cc(/C=C/c2nccc(-c3cccc(Nc4nccc5cc(CN6CC[C@@H](O)C6)cnc45)c3C)c2C#N)c(C(F)(F)F)cc1CN1CCCC1. The maximum Gasteiger partial charge on any atom is 0.417 e. The van der Waals surface area contributed by atoms with Gasteiger partial charge in [0.1, 0.15) is 17.3 Å². The number of ether oxygens (including phenoxy) is 1. The van der Waals surface area contributed by atoms with Crippen molar-refractivity contribution in [3.63, 3.8) is 0 Å². The first-order valence-corrected chi connectivity index (χ1v) is 17.7. The number of alkyl halides is 3. The van der Waals surface area contributed by atoms with Crippen LogP contribution in [0.15, 0.2) is 67.1 Å². The highest BCUT2D eigenvalue weighted by molar-refractivity contribution is 5.91. The van der Waals surface area contributed by atoms with Crippen molar-refractivity contribution >= 4 is 34.6 Å². The van der Waals surface area contributed by atoms with E-state index in [0.29, 0.717) is 47.8 Å². The smallest absolute Gasteiger partial charge is 0.417 e. The van der Waals surface area contributed by atoms with Crippen LogP contribution in [0.4, 0.5) is 24.7 Å². The topological polar surface area (TPSA) is 110 Å². The number of nitriles is 1. The summed E-state index contributed by atoms with van der Waals surface area (Å²) in [6.07, 6.45) is 5.86. The van der Waals surface area contributed by atoms with Gasteiger partial charge in [-0.15, -0.1) is 0 Å². The fraction of sp³-hybridized carbons (Fsp3) is 0.317. The van der Waals surface area contributed by atoms with E-state index in [0.717, 1.165) is 66.7 Å². The Balaban J connectivity index is 1.18. The van der Waals surface area contributed by atoms with Gasteiger partial charge >= 0.3 is 6.18 Å². The van der Waals surface area contributed by atoms with Gasteiger partial charge in [-0.3, -0.25) is 19.8 Å². The molecule has 0 radical (unpaired) electrons. The second-order valence-corrected chi connectivity index (χ2v) is 13.7. The van der Waals surface area contributed by atoms with Crippen LogP contribution in [-0.4, -0.2) is 69.3 Å². The number of hydrogen-bond donors (Lipinski definition) is 2. The maximum absolute atomic E-state index is 14.4. The molecular formula is C41H40F3N7O2. The van der Waals surface area contributed by atoms with Gasteiger partial charge in [-0.2, -0.15) is 18.4 Å². The third-order valence-corrected chi connectivity index (χ3v) is 10.1. The molecule has 2 N–H and O–H groups in total. The number of anilines is 2. The van der Waals surface area contributed by atoms with Gasteiger partial charge in [-0.25, -0.2) is 4.98 Å². The number of β-amino-alcohol motifs (C(OH)–C–C–N with tert-alkyl or cyclic N) is 1. The summed E-state index contributed by atoms with van der Waals surface area (Å²) in [6.45, 7) is 6.21. The van der Waals surface area contributed by atoms with Crippen LogP contribution in [-0.2, 0) is 19.3 Å². The Morgan fingerprint density at radius 1 is 0.981 bits per heavy atom. The van der Waals surface area contributed by atoms with Gasteiger partial charge < -0.3 is 15.2 Å². The summed E-state index contributed by atoms with van der Waals surface area (Å²) < 4.78 is 48.7. The zero-order valence-corrected chi connectivity index (χ0v) is 29.6. The van der Waals surface area contributed by atoms with Gasteiger partial charge in [-0.05, 0) is 104 Å². The molecule has 12 heteroatoms. The van der Waals surface area contributed by atoms with Crippen molar-refractivity contribution in [1.29, 1.82) is 5.26 Å². The lowest BCUT2D eigenvalue weighted by molar-refractivity contribution is -0.137. The molecule has 5 heterocycles. The number of aromatic nitrogens is 3. The molecule has 0 aliphatic carbocycles. The van der Waals surface area contributed by atoms with E-state index >= 15 is 0 Å². The van der Waals surface area contributed by atoms with E-state index < -0.39 is 11.7 Å². The fourth-order valence-corrected chi connectivity index (χ4v) is 7.32. The summed E-state index contributed by atoms with van der Waals surface area (Å²) in [6, 6.07) is 16.3. The first-order chi connectivity index (χ1) is 25.6. The monoisotopic (exact) mass is 719 g/mol. The normalized spacial score (nSPS) is 16.8. The average Bonchev–Trinajstić information content (AvgIpc) is 3.82. The quantitative estimate of drug-likeness (QED) is 0.149. The number of hydrogen-bond acceptors (Lipinski definition) is 9. The van der Waals surface area contributed by atoms with Crippen LogP contribution in [0.25, 0.3) is 34.2 Å². The number of fused-ring (bicyclic) bond motifs is 1. The molecule has 0 spiro atoms. The van der Waals surface area contributed by atoms with Crippen molar-refractivity contribution in [2.24, 2.45) is 0 Å². The lowest BCUT2D eigenvalue weighted by atomic mass is 9.94. The Hall–Kier alpha value is -5.35. The zero-order valence-electron chi connectivity index (χ0n) is 29.6. The van der Waals surface area contributed by atoms with Crippen LogP contribution in [0.2, 0.25) is 0 Å². The Labute approximate surface area is 306 Å². The van der Waals surface area contributed by atoms with Crippen LogP contribution in [0, 0.1) is 18.3 Å². The van der Waals surface area contributed by atoms with Gasteiger partial charge in [0.2, 0.25) is 0 Å². The number of methoxy groups -OCH3 is 1. The minimum Gasteiger partial charge on any atom is -0.496 e. The van der Waals surface area contributed by atoms with Gasteiger partial charge in [0.15, 0.2) is 5.82 Å². The van der Waals surface area contributed by atoms with E-state index in [9.17, 15) is 23.5 Å². The molecule has 2 aliphatic heterocycles. The summed E-state index contributed by atoms with van der Waals surface area (Å²) in [7, 11) is 1.46. The summed E-state index contributed by atoms with van der Waals surface area (Å²) in [5, 5.41) is 24.6. The molecule has 2 saturated heterocycles. The fourth-order valence-electron chi connectivity index (χ4n) is 7.32. The average molecular weight is 720 g/mol. The van der Waals surface area contributed by atoms with Crippen LogP contribution in [0.1, 0.15) is 58.3 Å². The molecule has 3 aromatic heterocycles. The Bertz CT molecular complexity index is 2210. The van der Waals surface area contributed by atoms with Crippen molar-refractivity contribution < 1.29 is 23.0 Å². The number of aliphatic hydroxyl groups excluding tert-OH is 1. The second-order valence-electron chi connectivity index (χ2n) is 13.7. The first kappa shape index (κ1) is 36.0. The van der Waals surface area contributed by atoms with Crippen molar-refractivity contribution in [1.82, 2.24) is 24.8 Å². The van der Waals surface area contributed by atoms with Crippen molar-refractivity contribution in [2.75, 3.05) is 38.6 Å². The van der Waals surface area contributed by atoms with E-state index in [2.05, 4.69) is 37.2 Å². The number of aliphatic hydroxyl groups is 1. The van der Waals surface area contributed by atoms with E-state index in [1.54, 1.807) is 18.5 Å². The molecule has 272 valence electrons. The van der Waals surface area contributed by atoms with E-state index in [1.807, 2.05) is 37.4 Å². The van der Waals surface area contributed by atoms with Gasteiger partial charge in [0, 0.05) is 67.0 Å². The van der Waals surface area contributed by atoms with Gasteiger partial charge in [-0.1, -0.05) is 18.2 Å². The minimum atomic E-state index is -4.60. The molecule has 2 aromatic carbocycles. The molecular weight excluding hydrogens is 679 g/mol. The lowest BCUT2D eigenvalue weighted by Gasteiger charge is -2.20. The summed E-state index contributed by atoms with van der Waals surface area (Å²) >= 11 is 0. The molecule has 2 aliphatic rings. The molecule has 0 bridgehead atoms. The third kappa shape index (κ3) is 7.88. The number of pyridine rings is 3. The first-order valence-electron chi connectivity index (χ1n) is 17.7. The standard InChI is InChI=1S/C41H40F3N7O2/c1-26-32(6-5-7-36(26)49-40-39-29(10-13-47-40)18-27(22-48-39)23-51-17-12-31(52)25-51)33-11-14-46-37(34(33)21-45)9-8-28-20-38(53-2)30(19-35(28)41(42,43)44)24-50-15-3-4-16-50/h5-11,13-14,18-20,22,31,52H,3-4,12,15-17,23-25H2,1-2H3,(H,47,49)/b9-8+/t31-/m1/s1. The summed E-state index contributed by atoms with van der Waals surface area (Å²) in [5.41, 5.74) is 4.83. The molecule has 0 saturated carbocycles. The molecule has 1 atom stereocenters. The lowest BCUT2D eigenvalue weighted by Crippen LogP contribution is -2.21. The van der Waals surface area contributed by atoms with Crippen LogP contribution in [0.5, 0.6) is 5.75 Å². The zero-order chi connectivity index (χ0) is 37.1. The number of nitrogens with one attached hydrogen (secondary N) is 1. The molecule has 0 unspecified atom stereocenters. The highest BCUT2D eigenvalue weighted by Gasteiger charge is 2.34. The predicted octanol–water partition coefficient (Wildman–Crippen LogP) is 7.98. The number of halogens is 3. The van der Waals surface area contributed by atoms with Gasteiger partial charge in [0.25, 0.3) is 0 Å². The Morgan fingerprint density at radius 3 is 2.53 bits per heavy atom. The number of likely N-dealkylation sites (tertiary alicyclic amines) is 2. The van der Waals surface area contributed by atoms with Crippen LogP contribution < -0.4 is 10.1 Å². The maximum atomic E-state index is 14.4. The van der Waals surface area contributed by atoms with Crippen molar-refractivity contribution in [3.8, 4) is 22.9 Å². The van der Waals surface area contributed by atoms with E-state index in [1.165, 1.54) is 31.4 Å². The van der Waals surface area contributed by atoms with E-state index in [-0.39, 0.29) is 22.9 Å². The molecule has 5 aromatic rings. The number of rotatable bonds is 10. The van der Waals surface area contributed by atoms with E-state index in [4.69, 9.17) is 9.72 Å². The highest BCUT2D eigenvalue weighted by atomic mass is 19.4.